The van der Waals surface area contributed by atoms with Crippen LogP contribution in [-0.2, 0) is 12.7 Å². The summed E-state index contributed by atoms with van der Waals surface area (Å²) in [5.41, 5.74) is 1.44. The average molecular weight is 380 g/mol. The fourth-order valence-corrected chi connectivity index (χ4v) is 2.51. The minimum atomic E-state index is -4.38. The Balaban J connectivity index is 1.70. The molecule has 0 saturated heterocycles. The average Bonchev–Trinajstić information content (AvgIpc) is 3.10. The van der Waals surface area contributed by atoms with Gasteiger partial charge in [0.2, 0.25) is 0 Å². The lowest BCUT2D eigenvalue weighted by molar-refractivity contribution is -0.137. The number of carbonyl (C=O) groups is 1. The van der Waals surface area contributed by atoms with Gasteiger partial charge in [-0.3, -0.25) is 9.89 Å². The van der Waals surface area contributed by atoms with Crippen molar-refractivity contribution in [3.05, 3.63) is 76.4 Å². The number of hydrogen-bond acceptors (Lipinski definition) is 2. The van der Waals surface area contributed by atoms with Crippen LogP contribution in [0.15, 0.2) is 54.7 Å². The Hall–Kier alpha value is -2.80. The van der Waals surface area contributed by atoms with Gasteiger partial charge < -0.3 is 5.32 Å². The minimum absolute atomic E-state index is 0.0994. The van der Waals surface area contributed by atoms with Crippen molar-refractivity contribution >= 4 is 17.5 Å². The Labute approximate surface area is 152 Å². The topological polar surface area (TPSA) is 57.8 Å². The molecule has 0 aliphatic carbocycles. The number of amides is 1. The minimum Gasteiger partial charge on any atom is -0.348 e. The molecule has 0 fully saturated rings. The molecular formula is C18H13ClF3N3O. The van der Waals surface area contributed by atoms with Crippen LogP contribution in [-0.4, -0.2) is 16.1 Å². The quantitative estimate of drug-likeness (QED) is 0.691. The third-order valence-electron chi connectivity index (χ3n) is 3.75. The van der Waals surface area contributed by atoms with Gasteiger partial charge in [-0.25, -0.2) is 0 Å². The molecule has 0 atom stereocenters. The Morgan fingerprint density at radius 3 is 2.35 bits per heavy atom. The highest BCUT2D eigenvalue weighted by molar-refractivity contribution is 6.30. The summed E-state index contributed by atoms with van der Waals surface area (Å²) in [5.74, 6) is -0.386. The second-order valence-electron chi connectivity index (χ2n) is 5.54. The molecule has 1 amide bonds. The van der Waals surface area contributed by atoms with Crippen LogP contribution in [0.2, 0.25) is 5.02 Å². The summed E-state index contributed by atoms with van der Waals surface area (Å²) < 4.78 is 37.7. The Kier molecular flexibility index (Phi) is 4.99. The fraction of sp³-hybridized carbons (Fsp3) is 0.111. The number of alkyl halides is 3. The predicted octanol–water partition coefficient (Wildman–Crippen LogP) is 4.68. The van der Waals surface area contributed by atoms with Gasteiger partial charge in [0, 0.05) is 17.1 Å². The van der Waals surface area contributed by atoms with Gasteiger partial charge in [-0.05, 0) is 29.8 Å². The first-order chi connectivity index (χ1) is 12.3. The maximum Gasteiger partial charge on any atom is 0.416 e. The molecule has 134 valence electrons. The Morgan fingerprint density at radius 2 is 1.73 bits per heavy atom. The molecule has 0 bridgehead atoms. The second-order valence-corrected chi connectivity index (χ2v) is 5.98. The molecule has 0 spiro atoms. The lowest BCUT2D eigenvalue weighted by Crippen LogP contribution is -2.23. The zero-order valence-electron chi connectivity index (χ0n) is 13.3. The summed E-state index contributed by atoms with van der Waals surface area (Å²) in [7, 11) is 0. The van der Waals surface area contributed by atoms with E-state index in [0.29, 0.717) is 21.8 Å². The number of aromatic nitrogens is 2. The summed E-state index contributed by atoms with van der Waals surface area (Å²) in [4.78, 5) is 12.4. The highest BCUT2D eigenvalue weighted by Crippen LogP contribution is 2.29. The van der Waals surface area contributed by atoms with Crippen molar-refractivity contribution in [2.45, 2.75) is 12.7 Å². The summed E-state index contributed by atoms with van der Waals surface area (Å²) in [5, 5.41) is 9.90. The van der Waals surface area contributed by atoms with Crippen LogP contribution in [0, 0.1) is 0 Å². The number of aromatic amines is 1. The van der Waals surface area contributed by atoms with Crippen molar-refractivity contribution in [1.29, 1.82) is 0 Å². The van der Waals surface area contributed by atoms with Crippen LogP contribution in [0.5, 0.6) is 0 Å². The summed E-state index contributed by atoms with van der Waals surface area (Å²) in [6.07, 6.45) is -2.99. The monoisotopic (exact) mass is 379 g/mol. The molecule has 0 aliphatic rings. The van der Waals surface area contributed by atoms with E-state index < -0.39 is 11.7 Å². The lowest BCUT2D eigenvalue weighted by Gasteiger charge is -2.09. The molecule has 2 aromatic carbocycles. The van der Waals surface area contributed by atoms with Crippen molar-refractivity contribution in [3.8, 4) is 11.3 Å². The molecule has 3 aromatic rings. The molecule has 0 unspecified atom stereocenters. The number of H-pyrrole nitrogens is 1. The highest BCUT2D eigenvalue weighted by Gasteiger charge is 2.29. The molecule has 0 radical (unpaired) electrons. The Bertz CT molecular complexity index is 903. The van der Waals surface area contributed by atoms with Crippen LogP contribution >= 0.6 is 11.6 Å². The van der Waals surface area contributed by atoms with Crippen molar-refractivity contribution < 1.29 is 18.0 Å². The Morgan fingerprint density at radius 1 is 1.08 bits per heavy atom. The van der Waals surface area contributed by atoms with Gasteiger partial charge in [0.15, 0.2) is 0 Å². The van der Waals surface area contributed by atoms with Crippen molar-refractivity contribution in [1.82, 2.24) is 15.5 Å². The van der Waals surface area contributed by atoms with Crippen LogP contribution < -0.4 is 5.32 Å². The smallest absolute Gasteiger partial charge is 0.348 e. The first kappa shape index (κ1) is 18.0. The van der Waals surface area contributed by atoms with E-state index in [1.54, 1.807) is 24.3 Å². The summed E-state index contributed by atoms with van der Waals surface area (Å²) in [6.45, 7) is 0.0994. The van der Waals surface area contributed by atoms with Crippen LogP contribution in [0.3, 0.4) is 0 Å². The highest BCUT2D eigenvalue weighted by atomic mass is 35.5. The number of halogens is 4. The zero-order chi connectivity index (χ0) is 18.7. The van der Waals surface area contributed by atoms with E-state index in [1.807, 2.05) is 0 Å². The molecule has 4 nitrogen and oxygen atoms in total. The van der Waals surface area contributed by atoms with E-state index >= 15 is 0 Å². The van der Waals surface area contributed by atoms with Gasteiger partial charge in [-0.2, -0.15) is 18.3 Å². The number of hydrogen-bond donors (Lipinski definition) is 2. The van der Waals surface area contributed by atoms with Gasteiger partial charge in [-0.15, -0.1) is 0 Å². The van der Waals surface area contributed by atoms with Gasteiger partial charge in [0.1, 0.15) is 0 Å². The maximum atomic E-state index is 12.6. The standard InChI is InChI=1S/C18H13ClF3N3O/c19-14-7-3-12(4-8-14)16-15(10-24-25-16)17(26)23-9-11-1-5-13(6-2-11)18(20,21)22/h1-8,10H,9H2,(H,23,26)(H,24,25). The van der Waals surface area contributed by atoms with Gasteiger partial charge >= 0.3 is 6.18 Å². The van der Waals surface area contributed by atoms with E-state index in [4.69, 9.17) is 11.6 Å². The van der Waals surface area contributed by atoms with E-state index in [9.17, 15) is 18.0 Å². The van der Waals surface area contributed by atoms with Crippen molar-refractivity contribution in [2.24, 2.45) is 0 Å². The first-order valence-electron chi connectivity index (χ1n) is 7.58. The van der Waals surface area contributed by atoms with Crippen LogP contribution in [0.25, 0.3) is 11.3 Å². The van der Waals surface area contributed by atoms with E-state index in [0.717, 1.165) is 17.7 Å². The number of benzene rings is 2. The van der Waals surface area contributed by atoms with Gasteiger partial charge in [-0.1, -0.05) is 35.9 Å². The molecule has 2 N–H and O–H groups in total. The van der Waals surface area contributed by atoms with Crippen molar-refractivity contribution in [3.63, 3.8) is 0 Å². The molecule has 8 heteroatoms. The molecule has 3 rings (SSSR count). The zero-order valence-corrected chi connectivity index (χ0v) is 14.0. The second kappa shape index (κ2) is 7.21. The van der Waals surface area contributed by atoms with Crippen LogP contribution in [0.1, 0.15) is 21.5 Å². The first-order valence-corrected chi connectivity index (χ1v) is 7.96. The van der Waals surface area contributed by atoms with Gasteiger partial charge in [0.25, 0.3) is 5.91 Å². The molecule has 1 heterocycles. The summed E-state index contributed by atoms with van der Waals surface area (Å²) in [6, 6.07) is 11.5. The fourth-order valence-electron chi connectivity index (χ4n) is 2.38. The van der Waals surface area contributed by atoms with Crippen LogP contribution in [0.4, 0.5) is 13.2 Å². The maximum absolute atomic E-state index is 12.6. The molecule has 0 aliphatic heterocycles. The third-order valence-corrected chi connectivity index (χ3v) is 4.00. The molecule has 0 saturated carbocycles. The van der Waals surface area contributed by atoms with E-state index in [-0.39, 0.29) is 12.5 Å². The largest absolute Gasteiger partial charge is 0.416 e. The molecule has 1 aromatic heterocycles. The van der Waals surface area contributed by atoms with E-state index in [2.05, 4.69) is 15.5 Å². The number of nitrogens with one attached hydrogen (secondary N) is 2. The number of nitrogens with zero attached hydrogens (tertiary/aromatic N) is 1. The molecular weight excluding hydrogens is 367 g/mol. The number of carbonyl (C=O) groups excluding carboxylic acids is 1. The van der Waals surface area contributed by atoms with Gasteiger partial charge in [0.05, 0.1) is 23.0 Å². The predicted molar refractivity (Wildman–Crippen MR) is 91.6 cm³/mol. The lowest BCUT2D eigenvalue weighted by atomic mass is 10.1. The normalized spacial score (nSPS) is 11.4. The SMILES string of the molecule is O=C(NCc1ccc(C(F)(F)F)cc1)c1cn[nH]c1-c1ccc(Cl)cc1. The molecule has 26 heavy (non-hydrogen) atoms. The third kappa shape index (κ3) is 4.05. The van der Waals surface area contributed by atoms with E-state index in [1.165, 1.54) is 18.3 Å². The number of rotatable bonds is 4. The van der Waals surface area contributed by atoms with Crippen molar-refractivity contribution in [2.75, 3.05) is 0 Å². The summed E-state index contributed by atoms with van der Waals surface area (Å²) >= 11 is 5.86.